The van der Waals surface area contributed by atoms with Gasteiger partial charge in [-0.25, -0.2) is 0 Å². The SMILES string of the molecule is COc1cc(OC)cc(C(=O)N2CCNCC2C#N)c1. The standard InChI is InChI=1S/C14H17N3O3/c1-19-12-5-10(6-13(7-12)20-2)14(18)17-4-3-16-9-11(17)8-15/h5-7,11,16H,3-4,9H2,1-2H3. The Balaban J connectivity index is 2.30. The molecule has 0 bridgehead atoms. The highest BCUT2D eigenvalue weighted by Crippen LogP contribution is 2.24. The zero-order valence-corrected chi connectivity index (χ0v) is 11.5. The molecule has 1 unspecified atom stereocenters. The fraction of sp³-hybridized carbons (Fsp3) is 0.429. The molecular formula is C14H17N3O3. The van der Waals surface area contributed by atoms with Gasteiger partial charge < -0.3 is 19.7 Å². The molecule has 1 aromatic rings. The number of carbonyl (C=O) groups is 1. The van der Waals surface area contributed by atoms with Crippen LogP contribution in [0, 0.1) is 11.3 Å². The molecule has 6 nitrogen and oxygen atoms in total. The van der Waals surface area contributed by atoms with E-state index in [9.17, 15) is 4.79 Å². The van der Waals surface area contributed by atoms with Crippen molar-refractivity contribution in [3.63, 3.8) is 0 Å². The van der Waals surface area contributed by atoms with Crippen LogP contribution < -0.4 is 14.8 Å². The van der Waals surface area contributed by atoms with E-state index in [4.69, 9.17) is 14.7 Å². The molecule has 0 saturated carbocycles. The molecule has 1 atom stereocenters. The second-order valence-electron chi connectivity index (χ2n) is 4.45. The number of hydrogen-bond donors (Lipinski definition) is 1. The average Bonchev–Trinajstić information content (AvgIpc) is 2.53. The van der Waals surface area contributed by atoms with E-state index >= 15 is 0 Å². The molecular weight excluding hydrogens is 258 g/mol. The minimum absolute atomic E-state index is 0.185. The maximum Gasteiger partial charge on any atom is 0.255 e. The Hall–Kier alpha value is -2.26. The number of nitrogens with zero attached hydrogens (tertiary/aromatic N) is 2. The molecule has 1 aliphatic heterocycles. The molecule has 106 valence electrons. The summed E-state index contributed by atoms with van der Waals surface area (Å²) in [5, 5.41) is 12.2. The van der Waals surface area contributed by atoms with Gasteiger partial charge in [0.2, 0.25) is 0 Å². The Morgan fingerprint density at radius 3 is 2.55 bits per heavy atom. The molecule has 1 heterocycles. The normalized spacial score (nSPS) is 18.2. The molecule has 1 saturated heterocycles. The highest BCUT2D eigenvalue weighted by atomic mass is 16.5. The number of piperazine rings is 1. The van der Waals surface area contributed by atoms with Gasteiger partial charge in [-0.15, -0.1) is 0 Å². The van der Waals surface area contributed by atoms with Gasteiger partial charge in [-0.2, -0.15) is 5.26 Å². The topological polar surface area (TPSA) is 74.6 Å². The number of amides is 1. The molecule has 0 radical (unpaired) electrons. The monoisotopic (exact) mass is 275 g/mol. The Morgan fingerprint density at radius 2 is 2.00 bits per heavy atom. The van der Waals surface area contributed by atoms with Gasteiger partial charge in [-0.3, -0.25) is 4.79 Å². The summed E-state index contributed by atoms with van der Waals surface area (Å²) in [6.45, 7) is 1.69. The number of nitriles is 1. The van der Waals surface area contributed by atoms with E-state index in [1.54, 1.807) is 23.1 Å². The molecule has 0 aromatic heterocycles. The maximum atomic E-state index is 12.5. The second-order valence-corrected chi connectivity index (χ2v) is 4.45. The smallest absolute Gasteiger partial charge is 0.255 e. The van der Waals surface area contributed by atoms with E-state index in [0.29, 0.717) is 36.7 Å². The zero-order valence-electron chi connectivity index (χ0n) is 11.5. The highest BCUT2D eigenvalue weighted by molar-refractivity contribution is 5.95. The van der Waals surface area contributed by atoms with Crippen LogP contribution in [0.25, 0.3) is 0 Å². The summed E-state index contributed by atoms with van der Waals surface area (Å²) in [7, 11) is 3.07. The fourth-order valence-electron chi connectivity index (χ4n) is 2.16. The summed E-state index contributed by atoms with van der Waals surface area (Å²) in [5.41, 5.74) is 0.461. The summed E-state index contributed by atoms with van der Waals surface area (Å²) >= 11 is 0. The molecule has 1 amide bonds. The average molecular weight is 275 g/mol. The minimum Gasteiger partial charge on any atom is -0.497 e. The molecule has 0 spiro atoms. The summed E-state index contributed by atoms with van der Waals surface area (Å²) in [4.78, 5) is 14.1. The van der Waals surface area contributed by atoms with Gasteiger partial charge in [0.15, 0.2) is 0 Å². The van der Waals surface area contributed by atoms with E-state index in [1.807, 2.05) is 0 Å². The van der Waals surface area contributed by atoms with E-state index in [2.05, 4.69) is 11.4 Å². The lowest BCUT2D eigenvalue weighted by molar-refractivity contribution is 0.0686. The van der Waals surface area contributed by atoms with Crippen molar-refractivity contribution in [3.05, 3.63) is 23.8 Å². The van der Waals surface area contributed by atoms with Crippen molar-refractivity contribution >= 4 is 5.91 Å². The lowest BCUT2D eigenvalue weighted by atomic mass is 10.1. The molecule has 0 aliphatic carbocycles. The van der Waals surface area contributed by atoms with E-state index < -0.39 is 6.04 Å². The Kier molecular flexibility index (Phi) is 4.43. The third-order valence-electron chi connectivity index (χ3n) is 3.25. The number of hydrogen-bond acceptors (Lipinski definition) is 5. The van der Waals surface area contributed by atoms with Crippen LogP contribution in [-0.4, -0.2) is 50.7 Å². The van der Waals surface area contributed by atoms with E-state index in [0.717, 1.165) is 0 Å². The van der Waals surface area contributed by atoms with Crippen LogP contribution in [-0.2, 0) is 0 Å². The van der Waals surface area contributed by atoms with Crippen molar-refractivity contribution in [2.24, 2.45) is 0 Å². The number of methoxy groups -OCH3 is 2. The minimum atomic E-state index is -0.451. The predicted octanol–water partition coefficient (Wildman–Crippen LogP) is 0.641. The van der Waals surface area contributed by atoms with Crippen molar-refractivity contribution in [2.45, 2.75) is 6.04 Å². The van der Waals surface area contributed by atoms with E-state index in [1.165, 1.54) is 14.2 Å². The summed E-state index contributed by atoms with van der Waals surface area (Å²) in [6.07, 6.45) is 0. The highest BCUT2D eigenvalue weighted by Gasteiger charge is 2.27. The number of nitrogens with one attached hydrogen (secondary N) is 1. The van der Waals surface area contributed by atoms with Crippen molar-refractivity contribution in [1.29, 1.82) is 5.26 Å². The first-order chi connectivity index (χ1) is 9.69. The number of carbonyl (C=O) groups excluding carboxylic acids is 1. The van der Waals surface area contributed by atoms with Crippen molar-refractivity contribution in [1.82, 2.24) is 10.2 Å². The lowest BCUT2D eigenvalue weighted by Gasteiger charge is -2.32. The predicted molar refractivity (Wildman–Crippen MR) is 72.9 cm³/mol. The Bertz CT molecular complexity index is 517. The first-order valence-corrected chi connectivity index (χ1v) is 6.34. The molecule has 2 rings (SSSR count). The molecule has 6 heteroatoms. The third-order valence-corrected chi connectivity index (χ3v) is 3.25. The van der Waals surface area contributed by atoms with Gasteiger partial charge in [-0.05, 0) is 12.1 Å². The quantitative estimate of drug-likeness (QED) is 0.876. The number of benzene rings is 1. The van der Waals surface area contributed by atoms with Gasteiger partial charge >= 0.3 is 0 Å². The molecule has 1 aromatic carbocycles. The van der Waals surface area contributed by atoms with Gasteiger partial charge in [0, 0.05) is 31.3 Å². The third kappa shape index (κ3) is 2.83. The van der Waals surface area contributed by atoms with Gasteiger partial charge in [-0.1, -0.05) is 0 Å². The number of rotatable bonds is 3. The van der Waals surface area contributed by atoms with Crippen LogP contribution in [0.3, 0.4) is 0 Å². The fourth-order valence-corrected chi connectivity index (χ4v) is 2.16. The van der Waals surface area contributed by atoms with Crippen LogP contribution in [0.2, 0.25) is 0 Å². The molecule has 1 N–H and O–H groups in total. The molecule has 1 aliphatic rings. The largest absolute Gasteiger partial charge is 0.497 e. The van der Waals surface area contributed by atoms with E-state index in [-0.39, 0.29) is 5.91 Å². The summed E-state index contributed by atoms with van der Waals surface area (Å²) < 4.78 is 10.3. The van der Waals surface area contributed by atoms with Gasteiger partial charge in [0.25, 0.3) is 5.91 Å². The number of ether oxygens (including phenoxy) is 2. The van der Waals surface area contributed by atoms with Crippen LogP contribution in [0.15, 0.2) is 18.2 Å². The first-order valence-electron chi connectivity index (χ1n) is 6.34. The summed E-state index contributed by atoms with van der Waals surface area (Å²) in [6, 6.07) is 6.70. The Morgan fingerprint density at radius 1 is 1.35 bits per heavy atom. The maximum absolute atomic E-state index is 12.5. The molecule has 20 heavy (non-hydrogen) atoms. The van der Waals surface area contributed by atoms with Crippen LogP contribution >= 0.6 is 0 Å². The van der Waals surface area contributed by atoms with Crippen LogP contribution in [0.4, 0.5) is 0 Å². The van der Waals surface area contributed by atoms with Crippen LogP contribution in [0.5, 0.6) is 11.5 Å². The lowest BCUT2D eigenvalue weighted by Crippen LogP contribution is -2.53. The van der Waals surface area contributed by atoms with Crippen molar-refractivity contribution < 1.29 is 14.3 Å². The van der Waals surface area contributed by atoms with Crippen molar-refractivity contribution in [3.8, 4) is 17.6 Å². The summed E-state index contributed by atoms with van der Waals surface area (Å²) in [5.74, 6) is 0.919. The molecule has 1 fully saturated rings. The van der Waals surface area contributed by atoms with Gasteiger partial charge in [0.1, 0.15) is 17.5 Å². The van der Waals surface area contributed by atoms with Crippen LogP contribution in [0.1, 0.15) is 10.4 Å². The zero-order chi connectivity index (χ0) is 14.5. The second kappa shape index (κ2) is 6.26. The Labute approximate surface area is 117 Å². The van der Waals surface area contributed by atoms with Gasteiger partial charge in [0.05, 0.1) is 20.3 Å². The first kappa shape index (κ1) is 14.2. The van der Waals surface area contributed by atoms with Crippen molar-refractivity contribution in [2.75, 3.05) is 33.9 Å².